The molecule has 154 valence electrons. The molecule has 2 heterocycles. The van der Waals surface area contributed by atoms with E-state index < -0.39 is 22.4 Å². The molecule has 0 spiro atoms. The maximum atomic E-state index is 13.4. The Morgan fingerprint density at radius 2 is 1.83 bits per heavy atom. The Bertz CT molecular complexity index is 1150. The Morgan fingerprint density at radius 3 is 2.57 bits per heavy atom. The SMILES string of the molecule is O=C(CN(c1ccc(F)cc1)S(=O)(=O)c1cccnc1)N1CCCc2ccccc21. The van der Waals surface area contributed by atoms with E-state index in [2.05, 4.69) is 4.98 Å². The van der Waals surface area contributed by atoms with Gasteiger partial charge in [-0.05, 0) is 60.9 Å². The van der Waals surface area contributed by atoms with Crippen LogP contribution in [-0.2, 0) is 21.2 Å². The maximum Gasteiger partial charge on any atom is 0.266 e. The van der Waals surface area contributed by atoms with E-state index in [0.717, 1.165) is 28.4 Å². The zero-order valence-electron chi connectivity index (χ0n) is 16.1. The van der Waals surface area contributed by atoms with Crippen LogP contribution in [0.5, 0.6) is 0 Å². The van der Waals surface area contributed by atoms with Gasteiger partial charge in [-0.1, -0.05) is 18.2 Å². The summed E-state index contributed by atoms with van der Waals surface area (Å²) in [4.78, 5) is 18.7. The van der Waals surface area contributed by atoms with Gasteiger partial charge in [0.25, 0.3) is 10.0 Å². The van der Waals surface area contributed by atoms with Crippen LogP contribution in [0.1, 0.15) is 12.0 Å². The van der Waals surface area contributed by atoms with Crippen molar-refractivity contribution in [1.82, 2.24) is 4.98 Å². The Kier molecular flexibility index (Phi) is 5.50. The lowest BCUT2D eigenvalue weighted by Gasteiger charge is -2.32. The molecule has 0 N–H and O–H groups in total. The number of pyridine rings is 1. The molecule has 0 atom stereocenters. The molecule has 0 radical (unpaired) electrons. The number of aryl methyl sites for hydroxylation is 1. The lowest BCUT2D eigenvalue weighted by molar-refractivity contribution is -0.117. The van der Waals surface area contributed by atoms with Crippen molar-refractivity contribution in [1.29, 1.82) is 0 Å². The average Bonchev–Trinajstić information content (AvgIpc) is 2.78. The van der Waals surface area contributed by atoms with E-state index in [4.69, 9.17) is 0 Å². The topological polar surface area (TPSA) is 70.6 Å². The predicted molar refractivity (Wildman–Crippen MR) is 112 cm³/mol. The quantitative estimate of drug-likeness (QED) is 0.628. The molecule has 8 heteroatoms. The highest BCUT2D eigenvalue weighted by atomic mass is 32.2. The number of rotatable bonds is 5. The summed E-state index contributed by atoms with van der Waals surface area (Å²) in [6.45, 7) is 0.108. The minimum atomic E-state index is -4.08. The second-order valence-corrected chi connectivity index (χ2v) is 8.82. The van der Waals surface area contributed by atoms with Crippen molar-refractivity contribution in [2.75, 3.05) is 22.3 Å². The van der Waals surface area contributed by atoms with Gasteiger partial charge in [-0.15, -0.1) is 0 Å². The van der Waals surface area contributed by atoms with Crippen LogP contribution in [0.4, 0.5) is 15.8 Å². The first kappa shape index (κ1) is 20.0. The highest BCUT2D eigenvalue weighted by Crippen LogP contribution is 2.28. The van der Waals surface area contributed by atoms with Crippen LogP contribution in [-0.4, -0.2) is 32.4 Å². The first-order valence-corrected chi connectivity index (χ1v) is 11.0. The summed E-state index contributed by atoms with van der Waals surface area (Å²) >= 11 is 0. The molecule has 6 nitrogen and oxygen atoms in total. The fraction of sp³-hybridized carbons (Fsp3) is 0.182. The van der Waals surface area contributed by atoms with E-state index in [-0.39, 0.29) is 16.5 Å². The smallest absolute Gasteiger partial charge is 0.266 e. The molecule has 0 unspecified atom stereocenters. The molecule has 1 aliphatic heterocycles. The molecule has 4 rings (SSSR count). The van der Waals surface area contributed by atoms with E-state index in [0.29, 0.717) is 6.54 Å². The van der Waals surface area contributed by atoms with Gasteiger partial charge in [0.2, 0.25) is 5.91 Å². The van der Waals surface area contributed by atoms with Crippen molar-refractivity contribution in [2.45, 2.75) is 17.7 Å². The van der Waals surface area contributed by atoms with Gasteiger partial charge in [0.15, 0.2) is 0 Å². The molecule has 0 fully saturated rings. The fourth-order valence-corrected chi connectivity index (χ4v) is 4.93. The van der Waals surface area contributed by atoms with E-state index in [1.165, 1.54) is 48.8 Å². The van der Waals surface area contributed by atoms with E-state index in [1.807, 2.05) is 24.3 Å². The first-order chi connectivity index (χ1) is 14.5. The fourth-order valence-electron chi connectivity index (χ4n) is 3.55. The van der Waals surface area contributed by atoms with E-state index in [1.54, 1.807) is 4.90 Å². The van der Waals surface area contributed by atoms with Crippen molar-refractivity contribution in [3.05, 3.63) is 84.4 Å². The van der Waals surface area contributed by atoms with Crippen LogP contribution >= 0.6 is 0 Å². The number of sulfonamides is 1. The Hall–Kier alpha value is -3.26. The molecule has 0 bridgehead atoms. The summed E-state index contributed by atoms with van der Waals surface area (Å²) in [7, 11) is -4.08. The molecule has 3 aromatic rings. The molecular formula is C22H20FN3O3S. The number of para-hydroxylation sites is 1. The number of hydrogen-bond acceptors (Lipinski definition) is 4. The Labute approximate surface area is 174 Å². The molecule has 0 aliphatic carbocycles. The summed E-state index contributed by atoms with van der Waals surface area (Å²) < 4.78 is 41.0. The number of halogens is 1. The molecule has 1 aromatic heterocycles. The number of anilines is 2. The van der Waals surface area contributed by atoms with Gasteiger partial charge >= 0.3 is 0 Å². The monoisotopic (exact) mass is 425 g/mol. The van der Waals surface area contributed by atoms with Gasteiger partial charge in [-0.2, -0.15) is 0 Å². The molecule has 2 aromatic carbocycles. The number of amides is 1. The van der Waals surface area contributed by atoms with Crippen LogP contribution in [0.3, 0.4) is 0 Å². The standard InChI is InChI=1S/C22H20FN3O3S/c23-18-9-11-19(12-10-18)26(30(28,29)20-7-3-13-24-15-20)16-22(27)25-14-4-6-17-5-1-2-8-21(17)25/h1-3,5,7-13,15H,4,6,14,16H2. The summed E-state index contributed by atoms with van der Waals surface area (Å²) in [5.74, 6) is -0.840. The highest BCUT2D eigenvalue weighted by molar-refractivity contribution is 7.92. The minimum absolute atomic E-state index is 0.0406. The van der Waals surface area contributed by atoms with Crippen LogP contribution < -0.4 is 9.21 Å². The van der Waals surface area contributed by atoms with Gasteiger partial charge in [-0.3, -0.25) is 14.1 Å². The van der Waals surface area contributed by atoms with Crippen LogP contribution in [0.15, 0.2) is 78.0 Å². The third-order valence-electron chi connectivity index (χ3n) is 5.03. The van der Waals surface area contributed by atoms with Gasteiger partial charge in [-0.25, -0.2) is 12.8 Å². The van der Waals surface area contributed by atoms with Gasteiger partial charge in [0, 0.05) is 24.6 Å². The van der Waals surface area contributed by atoms with Crippen LogP contribution in [0.25, 0.3) is 0 Å². The van der Waals surface area contributed by atoms with Crippen molar-refractivity contribution in [3.63, 3.8) is 0 Å². The summed E-state index contributed by atoms with van der Waals surface area (Å²) in [5, 5.41) is 0. The zero-order chi connectivity index (χ0) is 21.1. The first-order valence-electron chi connectivity index (χ1n) is 9.53. The Balaban J connectivity index is 1.71. The third-order valence-corrected chi connectivity index (χ3v) is 6.78. The van der Waals surface area contributed by atoms with Crippen molar-refractivity contribution >= 4 is 27.3 Å². The summed E-state index contributed by atoms with van der Waals surface area (Å²) in [6.07, 6.45) is 4.37. The number of carbonyl (C=O) groups excluding carboxylic acids is 1. The number of fused-ring (bicyclic) bond motifs is 1. The predicted octanol–water partition coefficient (Wildman–Crippen LogP) is 3.40. The average molecular weight is 425 g/mol. The molecule has 30 heavy (non-hydrogen) atoms. The number of hydrogen-bond donors (Lipinski definition) is 0. The molecular weight excluding hydrogens is 405 g/mol. The van der Waals surface area contributed by atoms with Gasteiger partial charge in [0.1, 0.15) is 17.3 Å². The minimum Gasteiger partial charge on any atom is -0.311 e. The number of benzene rings is 2. The lowest BCUT2D eigenvalue weighted by atomic mass is 10.0. The maximum absolute atomic E-state index is 13.4. The molecule has 0 saturated carbocycles. The van der Waals surface area contributed by atoms with Crippen LogP contribution in [0, 0.1) is 5.82 Å². The third kappa shape index (κ3) is 3.91. The largest absolute Gasteiger partial charge is 0.311 e. The van der Waals surface area contributed by atoms with Gasteiger partial charge in [0.05, 0.1) is 5.69 Å². The number of carbonyl (C=O) groups is 1. The highest BCUT2D eigenvalue weighted by Gasteiger charge is 2.31. The van der Waals surface area contributed by atoms with Crippen molar-refractivity contribution in [2.24, 2.45) is 0 Å². The van der Waals surface area contributed by atoms with Crippen LogP contribution in [0.2, 0.25) is 0 Å². The normalized spacial score (nSPS) is 13.6. The Morgan fingerprint density at radius 1 is 1.07 bits per heavy atom. The lowest BCUT2D eigenvalue weighted by Crippen LogP contribution is -2.45. The second-order valence-electron chi connectivity index (χ2n) is 6.95. The number of nitrogens with zero attached hydrogens (tertiary/aromatic N) is 3. The van der Waals surface area contributed by atoms with Crippen molar-refractivity contribution < 1.29 is 17.6 Å². The zero-order valence-corrected chi connectivity index (χ0v) is 16.9. The van der Waals surface area contributed by atoms with Crippen molar-refractivity contribution in [3.8, 4) is 0 Å². The number of aromatic nitrogens is 1. The molecule has 1 amide bonds. The van der Waals surface area contributed by atoms with Gasteiger partial charge < -0.3 is 4.90 Å². The summed E-state index contributed by atoms with van der Waals surface area (Å²) in [5.41, 5.74) is 2.06. The van der Waals surface area contributed by atoms with E-state index >= 15 is 0 Å². The summed E-state index contributed by atoms with van der Waals surface area (Å²) in [6, 6.07) is 15.6. The molecule has 0 saturated heterocycles. The second kappa shape index (κ2) is 8.23. The van der Waals surface area contributed by atoms with E-state index in [9.17, 15) is 17.6 Å². The molecule has 1 aliphatic rings.